The van der Waals surface area contributed by atoms with Gasteiger partial charge in [0.2, 0.25) is 0 Å². The summed E-state index contributed by atoms with van der Waals surface area (Å²) >= 11 is 0. The van der Waals surface area contributed by atoms with Crippen LogP contribution in [0.2, 0.25) is 0 Å². The summed E-state index contributed by atoms with van der Waals surface area (Å²) in [6.07, 6.45) is 4.47. The Morgan fingerprint density at radius 2 is 2.12 bits per heavy atom. The third kappa shape index (κ3) is 2.25. The number of aliphatic hydroxyl groups is 2. The van der Waals surface area contributed by atoms with Crippen molar-refractivity contribution in [3.05, 3.63) is 23.8 Å². The highest BCUT2D eigenvalue weighted by Gasteiger charge is 2.47. The van der Waals surface area contributed by atoms with Crippen molar-refractivity contribution in [2.75, 3.05) is 0 Å². The van der Waals surface area contributed by atoms with Crippen molar-refractivity contribution in [2.45, 2.75) is 45.8 Å². The average Bonchev–Trinajstić information content (AvgIpc) is 2.39. The van der Waals surface area contributed by atoms with Crippen molar-refractivity contribution in [1.82, 2.24) is 0 Å². The minimum atomic E-state index is -1.13. The summed E-state index contributed by atoms with van der Waals surface area (Å²) in [7, 11) is 0. The number of rotatable bonds is 3. The molecule has 1 rings (SSSR count). The normalized spacial score (nSPS) is 28.6. The number of hydrogen-bond donors (Lipinski definition) is 2. The van der Waals surface area contributed by atoms with E-state index in [0.29, 0.717) is 5.57 Å². The summed E-state index contributed by atoms with van der Waals surface area (Å²) in [5.74, 6) is -0.0430. The maximum atomic E-state index is 11.3. The Labute approximate surface area is 96.5 Å². The summed E-state index contributed by atoms with van der Waals surface area (Å²) in [6.45, 7) is 7.14. The smallest absolute Gasteiger partial charge is 0.158 e. The molecule has 2 N–H and O–H groups in total. The lowest BCUT2D eigenvalue weighted by molar-refractivity contribution is -0.118. The fourth-order valence-corrected chi connectivity index (χ4v) is 2.06. The molecule has 0 aliphatic heterocycles. The van der Waals surface area contributed by atoms with Gasteiger partial charge < -0.3 is 10.2 Å². The molecule has 1 aliphatic rings. The lowest BCUT2D eigenvalue weighted by Crippen LogP contribution is -2.43. The van der Waals surface area contributed by atoms with Crippen molar-refractivity contribution in [3.8, 4) is 0 Å². The van der Waals surface area contributed by atoms with Crippen LogP contribution in [-0.4, -0.2) is 27.7 Å². The van der Waals surface area contributed by atoms with Gasteiger partial charge in [0.1, 0.15) is 5.60 Å². The van der Waals surface area contributed by atoms with E-state index in [9.17, 15) is 15.0 Å². The molecule has 90 valence electrons. The highest BCUT2D eigenvalue weighted by Crippen LogP contribution is 2.43. The fraction of sp³-hybridized carbons (Fsp3) is 0.615. The van der Waals surface area contributed by atoms with E-state index >= 15 is 0 Å². The van der Waals surface area contributed by atoms with E-state index in [1.54, 1.807) is 26.0 Å². The zero-order valence-corrected chi connectivity index (χ0v) is 10.3. The van der Waals surface area contributed by atoms with Crippen molar-refractivity contribution in [3.63, 3.8) is 0 Å². The van der Waals surface area contributed by atoms with Crippen LogP contribution in [0.3, 0.4) is 0 Å². The molecule has 0 saturated carbocycles. The Kier molecular flexibility index (Phi) is 3.41. The second kappa shape index (κ2) is 4.15. The molecule has 0 heterocycles. The Morgan fingerprint density at radius 1 is 1.56 bits per heavy atom. The van der Waals surface area contributed by atoms with Gasteiger partial charge in [0.15, 0.2) is 5.78 Å². The van der Waals surface area contributed by atoms with Crippen LogP contribution in [0.15, 0.2) is 23.8 Å². The Morgan fingerprint density at radius 3 is 2.50 bits per heavy atom. The number of ketones is 1. The quantitative estimate of drug-likeness (QED) is 0.716. The predicted octanol–water partition coefficient (Wildman–Crippen LogP) is 1.60. The van der Waals surface area contributed by atoms with Gasteiger partial charge in [-0.05, 0) is 25.5 Å². The van der Waals surface area contributed by atoms with Crippen LogP contribution in [0.5, 0.6) is 0 Å². The van der Waals surface area contributed by atoms with Crippen LogP contribution in [0.1, 0.15) is 34.1 Å². The molecule has 3 heteroatoms. The summed E-state index contributed by atoms with van der Waals surface area (Å²) in [5.41, 5.74) is -1.01. The van der Waals surface area contributed by atoms with E-state index in [-0.39, 0.29) is 12.2 Å². The van der Waals surface area contributed by atoms with Crippen LogP contribution in [-0.2, 0) is 4.79 Å². The molecule has 0 spiro atoms. The molecule has 0 amide bonds. The van der Waals surface area contributed by atoms with Gasteiger partial charge in [0.05, 0.1) is 6.10 Å². The molecule has 0 radical (unpaired) electrons. The van der Waals surface area contributed by atoms with E-state index < -0.39 is 17.1 Å². The van der Waals surface area contributed by atoms with Crippen molar-refractivity contribution in [2.24, 2.45) is 5.41 Å². The highest BCUT2D eigenvalue weighted by molar-refractivity contribution is 5.95. The van der Waals surface area contributed by atoms with Crippen LogP contribution in [0.4, 0.5) is 0 Å². The summed E-state index contributed by atoms with van der Waals surface area (Å²) in [6, 6.07) is 0. The maximum Gasteiger partial charge on any atom is 0.158 e. The molecule has 0 unspecified atom stereocenters. The first-order valence-corrected chi connectivity index (χ1v) is 5.50. The third-order valence-corrected chi connectivity index (χ3v) is 3.32. The van der Waals surface area contributed by atoms with Crippen LogP contribution >= 0.6 is 0 Å². The van der Waals surface area contributed by atoms with Gasteiger partial charge in [-0.3, -0.25) is 4.79 Å². The Balaban J connectivity index is 3.00. The van der Waals surface area contributed by atoms with Gasteiger partial charge in [0.25, 0.3) is 0 Å². The van der Waals surface area contributed by atoms with E-state index in [4.69, 9.17) is 0 Å². The number of carbonyl (C=O) groups excluding carboxylic acids is 1. The SMILES string of the molecule is CC1=CC(=O)C[C@@]1(O)C(C)(C)/C=C/[C@@H](C)O. The molecule has 1 aliphatic carbocycles. The molecule has 0 aromatic carbocycles. The first-order valence-electron chi connectivity index (χ1n) is 5.50. The summed E-state index contributed by atoms with van der Waals surface area (Å²) < 4.78 is 0. The van der Waals surface area contributed by atoms with Crippen molar-refractivity contribution in [1.29, 1.82) is 0 Å². The molecule has 0 aromatic rings. The third-order valence-electron chi connectivity index (χ3n) is 3.32. The minimum Gasteiger partial charge on any atom is -0.389 e. The Bertz CT molecular complexity index is 350. The van der Waals surface area contributed by atoms with E-state index in [1.807, 2.05) is 13.8 Å². The molecule has 0 fully saturated rings. The number of aliphatic hydroxyl groups excluding tert-OH is 1. The second-order valence-corrected chi connectivity index (χ2v) is 5.15. The molecule has 0 saturated heterocycles. The first-order chi connectivity index (χ1) is 7.19. The molecule has 16 heavy (non-hydrogen) atoms. The van der Waals surface area contributed by atoms with Gasteiger partial charge >= 0.3 is 0 Å². The fourth-order valence-electron chi connectivity index (χ4n) is 2.06. The number of carbonyl (C=O) groups is 1. The van der Waals surface area contributed by atoms with Crippen LogP contribution in [0, 0.1) is 5.41 Å². The molecule has 0 bridgehead atoms. The summed E-state index contributed by atoms with van der Waals surface area (Å²) in [4.78, 5) is 11.3. The topological polar surface area (TPSA) is 57.5 Å². The van der Waals surface area contributed by atoms with Crippen LogP contribution < -0.4 is 0 Å². The highest BCUT2D eigenvalue weighted by atomic mass is 16.3. The van der Waals surface area contributed by atoms with Gasteiger partial charge in [-0.15, -0.1) is 0 Å². The van der Waals surface area contributed by atoms with Crippen molar-refractivity contribution >= 4 is 5.78 Å². The first kappa shape index (κ1) is 13.1. The lowest BCUT2D eigenvalue weighted by Gasteiger charge is -2.39. The molecular formula is C13H20O3. The zero-order valence-electron chi connectivity index (χ0n) is 10.3. The average molecular weight is 224 g/mol. The monoisotopic (exact) mass is 224 g/mol. The maximum absolute atomic E-state index is 11.3. The standard InChI is InChI=1S/C13H20O3/c1-9-7-11(15)8-13(9,16)12(3,4)6-5-10(2)14/h5-7,10,14,16H,8H2,1-4H3/b6-5+/t10-,13+/m1/s1. The van der Waals surface area contributed by atoms with E-state index in [2.05, 4.69) is 0 Å². The molecular weight excluding hydrogens is 204 g/mol. The van der Waals surface area contributed by atoms with Gasteiger partial charge in [0, 0.05) is 11.8 Å². The predicted molar refractivity (Wildman–Crippen MR) is 62.9 cm³/mol. The van der Waals surface area contributed by atoms with E-state index in [0.717, 1.165) is 0 Å². The molecule has 2 atom stereocenters. The number of allylic oxidation sites excluding steroid dienone is 1. The minimum absolute atomic E-state index is 0.0430. The largest absolute Gasteiger partial charge is 0.389 e. The van der Waals surface area contributed by atoms with Gasteiger partial charge in [-0.2, -0.15) is 0 Å². The lowest BCUT2D eigenvalue weighted by atomic mass is 9.71. The molecule has 3 nitrogen and oxygen atoms in total. The van der Waals surface area contributed by atoms with E-state index in [1.165, 1.54) is 6.08 Å². The second-order valence-electron chi connectivity index (χ2n) is 5.15. The molecule has 0 aromatic heterocycles. The summed E-state index contributed by atoms with van der Waals surface area (Å²) in [5, 5.41) is 19.8. The van der Waals surface area contributed by atoms with Crippen LogP contribution in [0.25, 0.3) is 0 Å². The zero-order chi connectivity index (χ0) is 12.6. The number of hydrogen-bond acceptors (Lipinski definition) is 3. The Hall–Kier alpha value is -0.930. The van der Waals surface area contributed by atoms with Gasteiger partial charge in [-0.1, -0.05) is 26.0 Å². The van der Waals surface area contributed by atoms with Crippen molar-refractivity contribution < 1.29 is 15.0 Å². The van der Waals surface area contributed by atoms with Gasteiger partial charge in [-0.25, -0.2) is 0 Å².